The number of aromatic nitrogens is 5. The van der Waals surface area contributed by atoms with E-state index in [1.165, 1.54) is 30.5 Å². The quantitative estimate of drug-likeness (QED) is 0.639. The maximum absolute atomic E-state index is 14.4. The SMILES string of the molecule is OC(C(F)c1ccc(-c2ccc(OC(F)(F)F)cc2)cn1)C(F)n1cnnn1. The smallest absolute Gasteiger partial charge is 0.406 e. The second-order valence-corrected chi connectivity index (χ2v) is 5.60. The van der Waals surface area contributed by atoms with E-state index in [1.54, 1.807) is 0 Å². The molecule has 3 unspecified atom stereocenters. The van der Waals surface area contributed by atoms with Crippen LogP contribution in [0.3, 0.4) is 0 Å². The Morgan fingerprint density at radius 3 is 2.21 bits per heavy atom. The van der Waals surface area contributed by atoms with Crippen LogP contribution in [-0.4, -0.2) is 42.8 Å². The molecular weight excluding hydrogens is 389 g/mol. The first kappa shape index (κ1) is 19.6. The van der Waals surface area contributed by atoms with Gasteiger partial charge in [-0.15, -0.1) is 18.3 Å². The van der Waals surface area contributed by atoms with E-state index in [9.17, 15) is 27.1 Å². The summed E-state index contributed by atoms with van der Waals surface area (Å²) in [5.41, 5.74) is 0.742. The number of aliphatic hydroxyl groups excluding tert-OH is 1. The summed E-state index contributed by atoms with van der Waals surface area (Å²) in [7, 11) is 0. The molecule has 0 saturated heterocycles. The van der Waals surface area contributed by atoms with E-state index in [0.29, 0.717) is 15.8 Å². The van der Waals surface area contributed by atoms with Crippen molar-refractivity contribution in [3.05, 3.63) is 54.6 Å². The standard InChI is InChI=1S/C16H12F5N5O2/c17-13(14(27)15(18)26-8-23-24-25-26)12-6-3-10(7-22-12)9-1-4-11(5-2-9)28-16(19,20)21/h1-8,13-15,27H. The highest BCUT2D eigenvalue weighted by atomic mass is 19.4. The Balaban J connectivity index is 1.70. The van der Waals surface area contributed by atoms with Crippen molar-refractivity contribution < 1.29 is 31.8 Å². The number of rotatable bonds is 6. The van der Waals surface area contributed by atoms with E-state index in [0.717, 1.165) is 18.5 Å². The molecule has 0 amide bonds. The number of alkyl halides is 5. The molecule has 148 valence electrons. The molecule has 3 aromatic rings. The van der Waals surface area contributed by atoms with Gasteiger partial charge < -0.3 is 9.84 Å². The Hall–Kier alpha value is -3.15. The molecule has 1 aromatic carbocycles. The molecule has 7 nitrogen and oxygen atoms in total. The monoisotopic (exact) mass is 401 g/mol. The fourth-order valence-electron chi connectivity index (χ4n) is 2.34. The van der Waals surface area contributed by atoms with Crippen molar-refractivity contribution in [1.82, 2.24) is 25.2 Å². The van der Waals surface area contributed by atoms with Crippen LogP contribution < -0.4 is 4.74 Å². The van der Waals surface area contributed by atoms with Gasteiger partial charge in [-0.1, -0.05) is 18.2 Å². The van der Waals surface area contributed by atoms with Gasteiger partial charge in [0, 0.05) is 11.8 Å². The summed E-state index contributed by atoms with van der Waals surface area (Å²) in [5, 5.41) is 19.5. The van der Waals surface area contributed by atoms with Crippen LogP contribution in [0.2, 0.25) is 0 Å². The van der Waals surface area contributed by atoms with Crippen LogP contribution in [0.4, 0.5) is 22.0 Å². The molecule has 0 fully saturated rings. The van der Waals surface area contributed by atoms with Crippen molar-refractivity contribution in [2.45, 2.75) is 24.9 Å². The van der Waals surface area contributed by atoms with E-state index in [4.69, 9.17) is 0 Å². The van der Waals surface area contributed by atoms with Gasteiger partial charge in [-0.2, -0.15) is 4.68 Å². The van der Waals surface area contributed by atoms with Crippen LogP contribution >= 0.6 is 0 Å². The molecule has 28 heavy (non-hydrogen) atoms. The molecule has 0 aliphatic carbocycles. The lowest BCUT2D eigenvalue weighted by atomic mass is 10.1. The fraction of sp³-hybridized carbons (Fsp3) is 0.250. The zero-order chi connectivity index (χ0) is 20.3. The molecule has 12 heteroatoms. The van der Waals surface area contributed by atoms with Crippen LogP contribution in [0.25, 0.3) is 11.1 Å². The third-order valence-electron chi connectivity index (χ3n) is 3.69. The van der Waals surface area contributed by atoms with E-state index in [-0.39, 0.29) is 11.4 Å². The number of aliphatic hydroxyl groups is 1. The molecule has 0 radical (unpaired) electrons. The lowest BCUT2D eigenvalue weighted by Crippen LogP contribution is -2.26. The summed E-state index contributed by atoms with van der Waals surface area (Å²) >= 11 is 0. The summed E-state index contributed by atoms with van der Waals surface area (Å²) in [5.74, 6) is -0.385. The largest absolute Gasteiger partial charge is 0.573 e. The normalized spacial score (nSPS) is 15.1. The van der Waals surface area contributed by atoms with Gasteiger partial charge in [-0.3, -0.25) is 4.98 Å². The summed E-state index contributed by atoms with van der Waals surface area (Å²) in [6.07, 6.45) is -9.12. The molecule has 2 heterocycles. The van der Waals surface area contributed by atoms with E-state index >= 15 is 0 Å². The fourth-order valence-corrected chi connectivity index (χ4v) is 2.34. The van der Waals surface area contributed by atoms with Crippen LogP contribution in [0.15, 0.2) is 48.9 Å². The number of hydrogen-bond acceptors (Lipinski definition) is 6. The predicted molar refractivity (Wildman–Crippen MR) is 84.2 cm³/mol. The zero-order valence-corrected chi connectivity index (χ0v) is 13.8. The van der Waals surface area contributed by atoms with E-state index < -0.39 is 24.9 Å². The maximum atomic E-state index is 14.4. The predicted octanol–water partition coefficient (Wildman–Crippen LogP) is 3.17. The highest BCUT2D eigenvalue weighted by molar-refractivity contribution is 5.63. The molecule has 0 saturated carbocycles. The minimum absolute atomic E-state index is 0.232. The van der Waals surface area contributed by atoms with Gasteiger partial charge in [0.1, 0.15) is 18.2 Å². The Kier molecular flexibility index (Phi) is 5.49. The molecule has 3 rings (SSSR count). The number of hydrogen-bond donors (Lipinski definition) is 1. The average molecular weight is 401 g/mol. The Labute approximate surface area is 154 Å². The molecule has 0 spiro atoms. The van der Waals surface area contributed by atoms with Crippen molar-refractivity contribution in [2.75, 3.05) is 0 Å². The maximum Gasteiger partial charge on any atom is 0.573 e. The Bertz CT molecular complexity index is 887. The number of pyridine rings is 1. The van der Waals surface area contributed by atoms with Crippen LogP contribution in [0.5, 0.6) is 5.75 Å². The van der Waals surface area contributed by atoms with Gasteiger partial charge in [-0.25, -0.2) is 8.78 Å². The van der Waals surface area contributed by atoms with Gasteiger partial charge >= 0.3 is 6.36 Å². The first-order valence-corrected chi connectivity index (χ1v) is 7.75. The highest BCUT2D eigenvalue weighted by Crippen LogP contribution is 2.30. The number of tetrazole rings is 1. The lowest BCUT2D eigenvalue weighted by Gasteiger charge is -2.18. The van der Waals surface area contributed by atoms with Crippen molar-refractivity contribution in [2.24, 2.45) is 0 Å². The van der Waals surface area contributed by atoms with Crippen LogP contribution in [0.1, 0.15) is 18.2 Å². The van der Waals surface area contributed by atoms with Crippen molar-refractivity contribution in [3.8, 4) is 16.9 Å². The molecule has 0 aliphatic heterocycles. The summed E-state index contributed by atoms with van der Waals surface area (Å²) in [6.45, 7) is 0. The van der Waals surface area contributed by atoms with Gasteiger partial charge in [0.05, 0.1) is 5.69 Å². The van der Waals surface area contributed by atoms with Gasteiger partial charge in [-0.05, 0) is 34.2 Å². The van der Waals surface area contributed by atoms with Crippen LogP contribution in [-0.2, 0) is 0 Å². The molecule has 0 bridgehead atoms. The van der Waals surface area contributed by atoms with Gasteiger partial charge in [0.15, 0.2) is 6.17 Å². The van der Waals surface area contributed by atoms with Crippen molar-refractivity contribution >= 4 is 0 Å². The average Bonchev–Trinajstić information content (AvgIpc) is 3.20. The Morgan fingerprint density at radius 2 is 1.68 bits per heavy atom. The number of nitrogens with zero attached hydrogens (tertiary/aromatic N) is 5. The number of ether oxygens (including phenoxy) is 1. The summed E-state index contributed by atoms with van der Waals surface area (Å²) < 4.78 is 69.2. The topological polar surface area (TPSA) is 86.0 Å². The molecule has 2 aromatic heterocycles. The molecule has 3 atom stereocenters. The summed E-state index contributed by atoms with van der Waals surface area (Å²) in [4.78, 5) is 3.85. The second-order valence-electron chi connectivity index (χ2n) is 5.60. The third kappa shape index (κ3) is 4.57. The van der Waals surface area contributed by atoms with E-state index in [2.05, 4.69) is 25.2 Å². The van der Waals surface area contributed by atoms with Crippen molar-refractivity contribution in [1.29, 1.82) is 0 Å². The van der Waals surface area contributed by atoms with Crippen LogP contribution in [0, 0.1) is 0 Å². The van der Waals surface area contributed by atoms with Crippen molar-refractivity contribution in [3.63, 3.8) is 0 Å². The molecule has 1 N–H and O–H groups in total. The van der Waals surface area contributed by atoms with E-state index in [1.807, 2.05) is 0 Å². The van der Waals surface area contributed by atoms with Gasteiger partial charge in [0.25, 0.3) is 0 Å². The highest BCUT2D eigenvalue weighted by Gasteiger charge is 2.32. The molecular formula is C16H12F5N5O2. The summed E-state index contributed by atoms with van der Waals surface area (Å²) in [6, 6.07) is 7.65. The first-order chi connectivity index (χ1) is 13.2. The lowest BCUT2D eigenvalue weighted by molar-refractivity contribution is -0.274. The zero-order valence-electron chi connectivity index (χ0n) is 13.8. The van der Waals surface area contributed by atoms with Gasteiger partial charge in [0.2, 0.25) is 6.30 Å². The third-order valence-corrected chi connectivity index (χ3v) is 3.69. The first-order valence-electron chi connectivity index (χ1n) is 7.75. The minimum atomic E-state index is -4.79. The second kappa shape index (κ2) is 7.84. The number of benzene rings is 1. The number of halogens is 5. The molecule has 0 aliphatic rings. The Morgan fingerprint density at radius 1 is 1.00 bits per heavy atom. The minimum Gasteiger partial charge on any atom is -0.406 e.